The fraction of sp³-hybridized carbons (Fsp3) is 0.368. The molecule has 0 radical (unpaired) electrons. The Bertz CT molecular complexity index is 920. The lowest BCUT2D eigenvalue weighted by Crippen LogP contribution is -2.16. The number of hydrogen-bond acceptors (Lipinski definition) is 7. The number of anilines is 1. The van der Waals surface area contributed by atoms with Crippen molar-refractivity contribution in [3.63, 3.8) is 0 Å². The monoisotopic (exact) mass is 366 g/mol. The number of rotatable bonds is 6. The van der Waals surface area contributed by atoms with E-state index < -0.39 is 0 Å². The van der Waals surface area contributed by atoms with Crippen LogP contribution >= 0.6 is 0 Å². The van der Waals surface area contributed by atoms with E-state index in [2.05, 4.69) is 25.4 Å². The van der Waals surface area contributed by atoms with Gasteiger partial charge in [-0.2, -0.15) is 5.10 Å². The third kappa shape index (κ3) is 4.22. The van der Waals surface area contributed by atoms with Crippen molar-refractivity contribution >= 4 is 5.82 Å². The van der Waals surface area contributed by atoms with Crippen LogP contribution in [0.3, 0.4) is 0 Å². The first-order valence-electron chi connectivity index (χ1n) is 8.96. The molecule has 4 rings (SSSR count). The van der Waals surface area contributed by atoms with E-state index in [0.717, 1.165) is 30.0 Å². The van der Waals surface area contributed by atoms with E-state index in [1.54, 1.807) is 23.3 Å². The van der Waals surface area contributed by atoms with E-state index in [-0.39, 0.29) is 6.10 Å². The van der Waals surface area contributed by atoms with Crippen molar-refractivity contribution in [2.24, 2.45) is 0 Å². The maximum atomic E-state index is 5.86. The molecule has 3 aromatic heterocycles. The molecule has 1 aliphatic heterocycles. The Hall–Kier alpha value is -3.00. The standard InChI is InChI=1S/C19H22N6O2/c1-13-7-14(2)25(24-13)18-11-20-10-17(23-18)22-9-15-3-5-21-19(8-15)27-16-4-6-26-12-16/h3,5,7-8,10-11,16H,4,6,9,12H2,1-2H3,(H,22,23). The molecule has 27 heavy (non-hydrogen) atoms. The molecule has 1 fully saturated rings. The van der Waals surface area contributed by atoms with Gasteiger partial charge in [-0.15, -0.1) is 0 Å². The average Bonchev–Trinajstić information content (AvgIpc) is 3.30. The summed E-state index contributed by atoms with van der Waals surface area (Å²) in [5, 5.41) is 7.75. The molecule has 0 amide bonds. The van der Waals surface area contributed by atoms with Crippen molar-refractivity contribution in [3.05, 3.63) is 53.7 Å². The predicted molar refractivity (Wildman–Crippen MR) is 100 cm³/mol. The second kappa shape index (κ2) is 7.71. The van der Waals surface area contributed by atoms with Gasteiger partial charge >= 0.3 is 0 Å². The molecule has 0 aromatic carbocycles. The second-order valence-corrected chi connectivity index (χ2v) is 6.56. The van der Waals surface area contributed by atoms with Crippen LogP contribution in [0.2, 0.25) is 0 Å². The summed E-state index contributed by atoms with van der Waals surface area (Å²) < 4.78 is 13.0. The number of ether oxygens (including phenoxy) is 2. The first-order chi connectivity index (χ1) is 13.2. The average molecular weight is 366 g/mol. The maximum Gasteiger partial charge on any atom is 0.213 e. The van der Waals surface area contributed by atoms with Gasteiger partial charge in [-0.3, -0.25) is 4.98 Å². The molecule has 4 heterocycles. The van der Waals surface area contributed by atoms with Gasteiger partial charge in [0.25, 0.3) is 0 Å². The highest BCUT2D eigenvalue weighted by molar-refractivity contribution is 5.38. The number of nitrogens with one attached hydrogen (secondary N) is 1. The second-order valence-electron chi connectivity index (χ2n) is 6.56. The van der Waals surface area contributed by atoms with Gasteiger partial charge in [0.15, 0.2) is 5.82 Å². The van der Waals surface area contributed by atoms with Gasteiger partial charge in [0.2, 0.25) is 5.88 Å². The molecule has 1 aliphatic rings. The van der Waals surface area contributed by atoms with E-state index in [4.69, 9.17) is 9.47 Å². The van der Waals surface area contributed by atoms with Gasteiger partial charge in [0, 0.05) is 30.9 Å². The van der Waals surface area contributed by atoms with Gasteiger partial charge < -0.3 is 14.8 Å². The summed E-state index contributed by atoms with van der Waals surface area (Å²) in [6, 6.07) is 5.89. The van der Waals surface area contributed by atoms with Crippen LogP contribution in [0.25, 0.3) is 5.82 Å². The van der Waals surface area contributed by atoms with E-state index in [9.17, 15) is 0 Å². The van der Waals surface area contributed by atoms with Crippen LogP contribution in [0.4, 0.5) is 5.82 Å². The van der Waals surface area contributed by atoms with E-state index in [0.29, 0.717) is 30.7 Å². The molecular weight excluding hydrogens is 344 g/mol. The van der Waals surface area contributed by atoms with Crippen molar-refractivity contribution in [1.82, 2.24) is 24.7 Å². The zero-order chi connectivity index (χ0) is 18.6. The molecule has 1 N–H and O–H groups in total. The molecule has 0 aliphatic carbocycles. The Kier molecular flexibility index (Phi) is 4.97. The minimum atomic E-state index is 0.0871. The van der Waals surface area contributed by atoms with E-state index in [1.165, 1.54) is 0 Å². The lowest BCUT2D eigenvalue weighted by Gasteiger charge is -2.12. The summed E-state index contributed by atoms with van der Waals surface area (Å²) in [5.41, 5.74) is 3.02. The van der Waals surface area contributed by atoms with E-state index >= 15 is 0 Å². The molecule has 3 aromatic rings. The van der Waals surface area contributed by atoms with E-state index in [1.807, 2.05) is 32.0 Å². The highest BCUT2D eigenvalue weighted by Gasteiger charge is 2.17. The minimum absolute atomic E-state index is 0.0871. The summed E-state index contributed by atoms with van der Waals surface area (Å²) in [7, 11) is 0. The Morgan fingerprint density at radius 2 is 2.22 bits per heavy atom. The normalized spacial score (nSPS) is 16.4. The SMILES string of the molecule is Cc1cc(C)n(-c2cncc(NCc3ccnc(OC4CCOC4)c3)n2)n1. The molecule has 8 heteroatoms. The van der Waals surface area contributed by atoms with Gasteiger partial charge in [-0.25, -0.2) is 14.6 Å². The van der Waals surface area contributed by atoms with Crippen LogP contribution in [0, 0.1) is 13.8 Å². The zero-order valence-corrected chi connectivity index (χ0v) is 15.4. The molecule has 140 valence electrons. The third-order valence-corrected chi connectivity index (χ3v) is 4.30. The van der Waals surface area contributed by atoms with Crippen molar-refractivity contribution in [1.29, 1.82) is 0 Å². The molecule has 0 bridgehead atoms. The van der Waals surface area contributed by atoms with Crippen molar-refractivity contribution < 1.29 is 9.47 Å². The highest BCUT2D eigenvalue weighted by atomic mass is 16.5. The fourth-order valence-corrected chi connectivity index (χ4v) is 3.00. The molecule has 8 nitrogen and oxygen atoms in total. The Balaban J connectivity index is 1.43. The summed E-state index contributed by atoms with van der Waals surface area (Å²) in [6.45, 7) is 5.92. The number of nitrogens with zero attached hydrogens (tertiary/aromatic N) is 5. The highest BCUT2D eigenvalue weighted by Crippen LogP contribution is 2.17. The number of hydrogen-bond donors (Lipinski definition) is 1. The number of aromatic nitrogens is 5. The van der Waals surface area contributed by atoms with Crippen LogP contribution in [-0.4, -0.2) is 44.1 Å². The number of aryl methyl sites for hydroxylation is 2. The third-order valence-electron chi connectivity index (χ3n) is 4.30. The van der Waals surface area contributed by atoms with Crippen LogP contribution in [0.15, 0.2) is 36.8 Å². The van der Waals surface area contributed by atoms with Crippen LogP contribution in [-0.2, 0) is 11.3 Å². The molecule has 1 unspecified atom stereocenters. The van der Waals surface area contributed by atoms with Crippen LogP contribution in [0.1, 0.15) is 23.4 Å². The quantitative estimate of drug-likeness (QED) is 0.717. The molecule has 1 saturated heterocycles. The van der Waals surface area contributed by atoms with Crippen molar-refractivity contribution in [3.8, 4) is 11.7 Å². The number of pyridine rings is 1. The Labute approximate surface area is 157 Å². The lowest BCUT2D eigenvalue weighted by atomic mass is 10.2. The molecule has 0 saturated carbocycles. The summed E-state index contributed by atoms with van der Waals surface area (Å²) in [6.07, 6.45) is 6.14. The first kappa shape index (κ1) is 17.4. The van der Waals surface area contributed by atoms with Crippen LogP contribution < -0.4 is 10.1 Å². The lowest BCUT2D eigenvalue weighted by molar-refractivity contribution is 0.138. The summed E-state index contributed by atoms with van der Waals surface area (Å²) in [4.78, 5) is 13.2. The summed E-state index contributed by atoms with van der Waals surface area (Å²) >= 11 is 0. The Morgan fingerprint density at radius 3 is 3.00 bits per heavy atom. The van der Waals surface area contributed by atoms with Crippen molar-refractivity contribution in [2.75, 3.05) is 18.5 Å². The summed E-state index contributed by atoms with van der Waals surface area (Å²) in [5.74, 6) is 1.99. The first-order valence-corrected chi connectivity index (χ1v) is 8.96. The molecule has 0 spiro atoms. The Morgan fingerprint density at radius 1 is 1.30 bits per heavy atom. The molecule has 1 atom stereocenters. The van der Waals surface area contributed by atoms with Gasteiger partial charge in [-0.1, -0.05) is 0 Å². The van der Waals surface area contributed by atoms with Crippen LogP contribution in [0.5, 0.6) is 5.88 Å². The smallest absolute Gasteiger partial charge is 0.213 e. The van der Waals surface area contributed by atoms with Gasteiger partial charge in [0.1, 0.15) is 11.9 Å². The predicted octanol–water partition coefficient (Wildman–Crippen LogP) is 2.45. The maximum absolute atomic E-state index is 5.86. The van der Waals surface area contributed by atoms with Crippen molar-refractivity contribution in [2.45, 2.75) is 32.9 Å². The van der Waals surface area contributed by atoms with Gasteiger partial charge in [0.05, 0.1) is 31.3 Å². The minimum Gasteiger partial charge on any atom is -0.472 e. The topological polar surface area (TPSA) is 87.0 Å². The zero-order valence-electron chi connectivity index (χ0n) is 15.4. The fourth-order valence-electron chi connectivity index (χ4n) is 3.00. The largest absolute Gasteiger partial charge is 0.472 e. The van der Waals surface area contributed by atoms with Gasteiger partial charge in [-0.05, 0) is 31.5 Å². The molecular formula is C19H22N6O2.